The van der Waals surface area contributed by atoms with Crippen molar-refractivity contribution in [3.05, 3.63) is 18.0 Å². The van der Waals surface area contributed by atoms with Gasteiger partial charge in [0.1, 0.15) is 5.69 Å². The van der Waals surface area contributed by atoms with Crippen LogP contribution in [0, 0.1) is 0 Å². The maximum Gasteiger partial charge on any atom is 0.268 e. The molecule has 1 rings (SSSR count). The largest absolute Gasteiger partial charge is 0.397 e. The number of aromatic nitrogens is 1. The molecular formula is C10H17N3O2. The zero-order chi connectivity index (χ0) is 11.4. The Balaban J connectivity index is 2.81. The zero-order valence-electron chi connectivity index (χ0n) is 9.03. The number of aryl methyl sites for hydroxylation is 1. The summed E-state index contributed by atoms with van der Waals surface area (Å²) in [6, 6.07) is 1.38. The molecule has 5 heteroatoms. The molecule has 4 N–H and O–H groups in total. The molecule has 0 unspecified atom stereocenters. The van der Waals surface area contributed by atoms with Gasteiger partial charge in [-0.05, 0) is 19.9 Å². The molecule has 1 heterocycles. The van der Waals surface area contributed by atoms with Crippen LogP contribution in [-0.2, 0) is 6.54 Å². The maximum atomic E-state index is 11.7. The first-order valence-corrected chi connectivity index (χ1v) is 4.95. The van der Waals surface area contributed by atoms with Gasteiger partial charge >= 0.3 is 0 Å². The average molecular weight is 211 g/mol. The summed E-state index contributed by atoms with van der Waals surface area (Å²) in [7, 11) is 0. The highest BCUT2D eigenvalue weighted by Crippen LogP contribution is 2.10. The summed E-state index contributed by atoms with van der Waals surface area (Å²) in [5.74, 6) is -0.213. The molecule has 1 atom stereocenters. The molecule has 0 fully saturated rings. The summed E-state index contributed by atoms with van der Waals surface area (Å²) in [6.45, 7) is 4.29. The van der Waals surface area contributed by atoms with Crippen LogP contribution < -0.4 is 11.1 Å². The number of anilines is 1. The van der Waals surface area contributed by atoms with Crippen molar-refractivity contribution < 1.29 is 9.90 Å². The van der Waals surface area contributed by atoms with Crippen LogP contribution in [0.3, 0.4) is 0 Å². The van der Waals surface area contributed by atoms with Crippen LogP contribution in [0.1, 0.15) is 24.3 Å². The normalized spacial score (nSPS) is 12.5. The molecule has 0 aromatic carbocycles. The Labute approximate surface area is 88.9 Å². The van der Waals surface area contributed by atoms with E-state index in [2.05, 4.69) is 5.32 Å². The maximum absolute atomic E-state index is 11.7. The van der Waals surface area contributed by atoms with E-state index in [4.69, 9.17) is 10.8 Å². The Bertz CT molecular complexity index is 346. The molecule has 1 aromatic heterocycles. The van der Waals surface area contributed by atoms with Crippen LogP contribution in [0.25, 0.3) is 0 Å². The van der Waals surface area contributed by atoms with E-state index in [1.54, 1.807) is 23.8 Å². The Kier molecular flexibility index (Phi) is 3.74. The molecule has 5 nitrogen and oxygen atoms in total. The lowest BCUT2D eigenvalue weighted by Crippen LogP contribution is -2.36. The van der Waals surface area contributed by atoms with Crippen LogP contribution >= 0.6 is 0 Å². The third-order valence-electron chi connectivity index (χ3n) is 2.14. The summed E-state index contributed by atoms with van der Waals surface area (Å²) in [6.07, 6.45) is 1.72. The fourth-order valence-electron chi connectivity index (χ4n) is 1.33. The second-order valence-corrected chi connectivity index (χ2v) is 3.50. The summed E-state index contributed by atoms with van der Waals surface area (Å²) in [5, 5.41) is 11.5. The molecule has 0 radical (unpaired) electrons. The van der Waals surface area contributed by atoms with E-state index in [1.165, 1.54) is 0 Å². The third-order valence-corrected chi connectivity index (χ3v) is 2.14. The number of hydrogen-bond donors (Lipinski definition) is 3. The van der Waals surface area contributed by atoms with Crippen molar-refractivity contribution in [2.24, 2.45) is 0 Å². The van der Waals surface area contributed by atoms with Gasteiger partial charge < -0.3 is 20.7 Å². The fourth-order valence-corrected chi connectivity index (χ4v) is 1.33. The van der Waals surface area contributed by atoms with Gasteiger partial charge in [-0.2, -0.15) is 0 Å². The summed E-state index contributed by atoms with van der Waals surface area (Å²) < 4.78 is 1.77. The van der Waals surface area contributed by atoms with Crippen LogP contribution in [0.5, 0.6) is 0 Å². The number of aliphatic hydroxyl groups excluding tert-OH is 1. The molecule has 84 valence electrons. The van der Waals surface area contributed by atoms with Gasteiger partial charge in [-0.3, -0.25) is 4.79 Å². The van der Waals surface area contributed by atoms with Crippen LogP contribution in [0.4, 0.5) is 5.69 Å². The van der Waals surface area contributed by atoms with Crippen LogP contribution in [0.2, 0.25) is 0 Å². The number of carbonyl (C=O) groups is 1. The highest BCUT2D eigenvalue weighted by atomic mass is 16.3. The van der Waals surface area contributed by atoms with Gasteiger partial charge in [0.15, 0.2) is 0 Å². The number of hydrogen-bond acceptors (Lipinski definition) is 3. The molecule has 0 saturated carbocycles. The number of nitrogens with two attached hydrogens (primary N) is 1. The topological polar surface area (TPSA) is 80.3 Å². The Morgan fingerprint density at radius 2 is 2.40 bits per heavy atom. The smallest absolute Gasteiger partial charge is 0.268 e. The number of nitrogen functional groups attached to an aromatic ring is 1. The van der Waals surface area contributed by atoms with Crippen molar-refractivity contribution >= 4 is 11.6 Å². The number of rotatable bonds is 4. The van der Waals surface area contributed by atoms with E-state index in [9.17, 15) is 4.79 Å². The minimum Gasteiger partial charge on any atom is -0.397 e. The minimum atomic E-state index is -0.251. The van der Waals surface area contributed by atoms with Gasteiger partial charge in [0.2, 0.25) is 0 Å². The molecule has 1 amide bonds. The second kappa shape index (κ2) is 4.84. The minimum absolute atomic E-state index is 0.0753. The summed E-state index contributed by atoms with van der Waals surface area (Å²) >= 11 is 0. The van der Waals surface area contributed by atoms with Gasteiger partial charge in [-0.15, -0.1) is 0 Å². The van der Waals surface area contributed by atoms with Crippen molar-refractivity contribution in [2.45, 2.75) is 26.4 Å². The predicted octanol–water partition coefficient (Wildman–Crippen LogP) is 0.201. The van der Waals surface area contributed by atoms with Crippen LogP contribution in [0.15, 0.2) is 12.3 Å². The van der Waals surface area contributed by atoms with E-state index in [0.29, 0.717) is 17.9 Å². The number of nitrogens with one attached hydrogen (secondary N) is 1. The van der Waals surface area contributed by atoms with Crippen molar-refractivity contribution in [3.63, 3.8) is 0 Å². The van der Waals surface area contributed by atoms with Crippen molar-refractivity contribution in [1.82, 2.24) is 9.88 Å². The van der Waals surface area contributed by atoms with E-state index in [0.717, 1.165) is 0 Å². The van der Waals surface area contributed by atoms with Gasteiger partial charge in [0.25, 0.3) is 5.91 Å². The Hall–Kier alpha value is -1.49. The first-order valence-electron chi connectivity index (χ1n) is 4.95. The lowest BCUT2D eigenvalue weighted by atomic mass is 10.3. The first-order chi connectivity index (χ1) is 7.08. The monoisotopic (exact) mass is 211 g/mol. The highest BCUT2D eigenvalue weighted by molar-refractivity contribution is 5.94. The Morgan fingerprint density at radius 3 is 2.93 bits per heavy atom. The van der Waals surface area contributed by atoms with Gasteiger partial charge in [-0.1, -0.05) is 0 Å². The molecule has 0 bridgehead atoms. The SMILES string of the molecule is CCn1cc(N)cc1C(=O)N[C@H](C)CO. The second-order valence-electron chi connectivity index (χ2n) is 3.50. The average Bonchev–Trinajstić information content (AvgIpc) is 2.59. The number of aliphatic hydroxyl groups is 1. The lowest BCUT2D eigenvalue weighted by molar-refractivity contribution is 0.0913. The van der Waals surface area contributed by atoms with Gasteiger partial charge in [-0.25, -0.2) is 0 Å². The molecular weight excluding hydrogens is 194 g/mol. The van der Waals surface area contributed by atoms with E-state index in [-0.39, 0.29) is 18.6 Å². The molecule has 1 aromatic rings. The molecule has 0 spiro atoms. The number of nitrogens with zero attached hydrogens (tertiary/aromatic N) is 1. The molecule has 0 aliphatic carbocycles. The first kappa shape index (κ1) is 11.6. The summed E-state index contributed by atoms with van der Waals surface area (Å²) in [4.78, 5) is 11.7. The van der Waals surface area contributed by atoms with E-state index in [1.807, 2.05) is 6.92 Å². The van der Waals surface area contributed by atoms with E-state index < -0.39 is 0 Å². The van der Waals surface area contributed by atoms with Gasteiger partial charge in [0, 0.05) is 18.8 Å². The highest BCUT2D eigenvalue weighted by Gasteiger charge is 2.13. The predicted molar refractivity (Wildman–Crippen MR) is 58.5 cm³/mol. The van der Waals surface area contributed by atoms with E-state index >= 15 is 0 Å². The standard InChI is InChI=1S/C10H17N3O2/c1-3-13-5-8(11)4-9(13)10(15)12-7(2)6-14/h4-5,7,14H,3,6,11H2,1-2H3,(H,12,15)/t7-/m1/s1. The van der Waals surface area contributed by atoms with Crippen molar-refractivity contribution in [2.75, 3.05) is 12.3 Å². The molecule has 15 heavy (non-hydrogen) atoms. The van der Waals surface area contributed by atoms with Crippen molar-refractivity contribution in [1.29, 1.82) is 0 Å². The number of amides is 1. The molecule has 0 aliphatic heterocycles. The number of carbonyl (C=O) groups excluding carboxylic acids is 1. The third kappa shape index (κ3) is 2.73. The van der Waals surface area contributed by atoms with Crippen molar-refractivity contribution in [3.8, 4) is 0 Å². The Morgan fingerprint density at radius 1 is 1.73 bits per heavy atom. The zero-order valence-corrected chi connectivity index (χ0v) is 9.03. The lowest BCUT2D eigenvalue weighted by Gasteiger charge is -2.11. The fraction of sp³-hybridized carbons (Fsp3) is 0.500. The molecule has 0 saturated heterocycles. The van der Waals surface area contributed by atoms with Gasteiger partial charge in [0.05, 0.1) is 12.3 Å². The summed E-state index contributed by atoms with van der Waals surface area (Å²) in [5.41, 5.74) is 6.70. The van der Waals surface area contributed by atoms with Crippen LogP contribution in [-0.4, -0.2) is 28.2 Å². The quantitative estimate of drug-likeness (QED) is 0.665. The molecule has 0 aliphatic rings.